The molecule has 1 aliphatic carbocycles. The van der Waals surface area contributed by atoms with Crippen molar-refractivity contribution in [3.05, 3.63) is 143 Å². The van der Waals surface area contributed by atoms with Crippen LogP contribution in [0.2, 0.25) is 0 Å². The Morgan fingerprint density at radius 2 is 1.15 bits per heavy atom. The molecular weight excluding hydrogens is 600 g/mol. The lowest BCUT2D eigenvalue weighted by atomic mass is 9.79. The van der Waals surface area contributed by atoms with E-state index < -0.39 is 41.8 Å². The second kappa shape index (κ2) is 14.8. The first kappa shape index (κ1) is 33.0. The van der Waals surface area contributed by atoms with Crippen LogP contribution in [-0.2, 0) is 34.1 Å². The zero-order valence-electron chi connectivity index (χ0n) is 26.6. The molecule has 4 aromatic carbocycles. The molecule has 0 heterocycles. The van der Waals surface area contributed by atoms with E-state index in [2.05, 4.69) is 0 Å². The predicted octanol–water partition coefficient (Wildman–Crippen LogP) is 6.04. The van der Waals surface area contributed by atoms with Crippen LogP contribution in [0.4, 0.5) is 0 Å². The van der Waals surface area contributed by atoms with Crippen molar-refractivity contribution in [1.29, 1.82) is 0 Å². The standard InChI is InChI=1S/C38H36O9/c1-25(39)45-33-23-27(36(40)44-4)24-34(35(33)46-37(41)26-11-7-5-8-12-26)47-38(28-13-9-6-10-14-28,29-15-19-31(42-2)20-16-29)30-17-21-32(43-3)22-18-30/h5-22,24,33-35H,23H2,1-4H3/t33-,34-,35+/m1/s1. The van der Waals surface area contributed by atoms with E-state index in [-0.39, 0.29) is 12.0 Å². The average Bonchev–Trinajstić information content (AvgIpc) is 3.11. The van der Waals surface area contributed by atoms with Crippen molar-refractivity contribution >= 4 is 17.9 Å². The van der Waals surface area contributed by atoms with Crippen LogP contribution in [-0.4, -0.2) is 57.5 Å². The maximum absolute atomic E-state index is 13.5. The Morgan fingerprint density at radius 1 is 0.638 bits per heavy atom. The van der Waals surface area contributed by atoms with Crippen LogP contribution < -0.4 is 9.47 Å². The highest BCUT2D eigenvalue weighted by atomic mass is 16.6. The number of ether oxygens (including phenoxy) is 6. The minimum Gasteiger partial charge on any atom is -0.497 e. The van der Waals surface area contributed by atoms with Crippen LogP contribution in [0.1, 0.15) is 40.4 Å². The lowest BCUT2D eigenvalue weighted by molar-refractivity contribution is -0.166. The third-order valence-corrected chi connectivity index (χ3v) is 7.98. The van der Waals surface area contributed by atoms with Crippen molar-refractivity contribution in [2.24, 2.45) is 0 Å². The maximum Gasteiger partial charge on any atom is 0.338 e. The summed E-state index contributed by atoms with van der Waals surface area (Å²) in [7, 11) is 4.44. The van der Waals surface area contributed by atoms with Crippen molar-refractivity contribution in [1.82, 2.24) is 0 Å². The first-order valence-corrected chi connectivity index (χ1v) is 15.0. The maximum atomic E-state index is 13.5. The van der Waals surface area contributed by atoms with Gasteiger partial charge in [0.15, 0.2) is 6.10 Å². The monoisotopic (exact) mass is 636 g/mol. The third-order valence-electron chi connectivity index (χ3n) is 7.98. The SMILES string of the molecule is COC(=O)C1=C[C@@H](OC(c2ccccc2)(c2ccc(OC)cc2)c2ccc(OC)cc2)[C@@H](OC(=O)c2ccccc2)[C@H](OC(C)=O)C1. The van der Waals surface area contributed by atoms with E-state index in [0.29, 0.717) is 28.2 Å². The lowest BCUT2D eigenvalue weighted by Crippen LogP contribution is -2.50. The molecule has 0 spiro atoms. The van der Waals surface area contributed by atoms with Gasteiger partial charge < -0.3 is 28.4 Å². The zero-order valence-corrected chi connectivity index (χ0v) is 26.6. The Kier molecular flexibility index (Phi) is 10.4. The third kappa shape index (κ3) is 7.21. The van der Waals surface area contributed by atoms with Crippen LogP contribution >= 0.6 is 0 Å². The molecule has 9 nitrogen and oxygen atoms in total. The first-order chi connectivity index (χ1) is 22.8. The van der Waals surface area contributed by atoms with E-state index in [9.17, 15) is 14.4 Å². The molecule has 0 amide bonds. The van der Waals surface area contributed by atoms with Crippen LogP contribution in [0.15, 0.2) is 121 Å². The topological polar surface area (TPSA) is 107 Å². The van der Waals surface area contributed by atoms with Gasteiger partial charge in [-0.25, -0.2) is 9.59 Å². The lowest BCUT2D eigenvalue weighted by Gasteiger charge is -2.43. The van der Waals surface area contributed by atoms with Gasteiger partial charge in [0.1, 0.15) is 29.3 Å². The van der Waals surface area contributed by atoms with Crippen LogP contribution in [0, 0.1) is 0 Å². The van der Waals surface area contributed by atoms with Gasteiger partial charge in [0.25, 0.3) is 0 Å². The van der Waals surface area contributed by atoms with Crippen molar-refractivity contribution < 1.29 is 42.8 Å². The van der Waals surface area contributed by atoms with Crippen molar-refractivity contribution in [3.63, 3.8) is 0 Å². The minimum absolute atomic E-state index is 0.0533. The van der Waals surface area contributed by atoms with Crippen LogP contribution in [0.3, 0.4) is 0 Å². The van der Waals surface area contributed by atoms with Gasteiger partial charge >= 0.3 is 17.9 Å². The number of esters is 3. The van der Waals surface area contributed by atoms with Crippen molar-refractivity contribution in [3.8, 4) is 11.5 Å². The van der Waals surface area contributed by atoms with Gasteiger partial charge in [0.05, 0.1) is 26.9 Å². The van der Waals surface area contributed by atoms with E-state index in [4.69, 9.17) is 28.4 Å². The molecule has 0 aliphatic heterocycles. The fourth-order valence-electron chi connectivity index (χ4n) is 5.75. The van der Waals surface area contributed by atoms with Gasteiger partial charge in [0.2, 0.25) is 0 Å². The number of rotatable bonds is 11. The number of hydrogen-bond acceptors (Lipinski definition) is 9. The van der Waals surface area contributed by atoms with E-state index in [1.165, 1.54) is 14.0 Å². The minimum atomic E-state index is -1.35. The number of benzene rings is 4. The molecule has 0 saturated heterocycles. The number of carbonyl (C=O) groups is 3. The molecule has 9 heteroatoms. The molecule has 4 aromatic rings. The summed E-state index contributed by atoms with van der Waals surface area (Å²) < 4.78 is 35.0. The predicted molar refractivity (Wildman–Crippen MR) is 173 cm³/mol. The Morgan fingerprint density at radius 3 is 1.64 bits per heavy atom. The summed E-state index contributed by atoms with van der Waals surface area (Å²) in [5.41, 5.74) is 1.33. The Labute approximate surface area is 273 Å². The quantitative estimate of drug-likeness (QED) is 0.111. The summed E-state index contributed by atoms with van der Waals surface area (Å²) in [4.78, 5) is 38.9. The molecule has 0 bridgehead atoms. The summed E-state index contributed by atoms with van der Waals surface area (Å²) in [6, 6.07) is 32.9. The number of hydrogen-bond donors (Lipinski definition) is 0. The Balaban J connectivity index is 1.74. The fourth-order valence-corrected chi connectivity index (χ4v) is 5.75. The molecule has 47 heavy (non-hydrogen) atoms. The van der Waals surface area contributed by atoms with E-state index >= 15 is 0 Å². The Hall–Kier alpha value is -5.41. The van der Waals surface area contributed by atoms with E-state index in [1.54, 1.807) is 50.6 Å². The number of methoxy groups -OCH3 is 3. The normalized spacial score (nSPS) is 17.5. The highest BCUT2D eigenvalue weighted by Gasteiger charge is 2.47. The largest absolute Gasteiger partial charge is 0.497 e. The van der Waals surface area contributed by atoms with Crippen molar-refractivity contribution in [2.45, 2.75) is 37.3 Å². The van der Waals surface area contributed by atoms with Gasteiger partial charge in [-0.05, 0) is 59.2 Å². The van der Waals surface area contributed by atoms with Gasteiger partial charge in [-0.2, -0.15) is 0 Å². The number of carbonyl (C=O) groups excluding carboxylic acids is 3. The highest BCUT2D eigenvalue weighted by Crippen LogP contribution is 2.44. The summed E-state index contributed by atoms with van der Waals surface area (Å²) in [5, 5.41) is 0. The van der Waals surface area contributed by atoms with Gasteiger partial charge in [-0.3, -0.25) is 4.79 Å². The summed E-state index contributed by atoms with van der Waals surface area (Å²) >= 11 is 0. The molecule has 0 saturated carbocycles. The smallest absolute Gasteiger partial charge is 0.338 e. The Bertz CT molecular complexity index is 1650. The molecule has 0 aromatic heterocycles. The first-order valence-electron chi connectivity index (χ1n) is 15.0. The second-order valence-corrected chi connectivity index (χ2v) is 10.9. The second-order valence-electron chi connectivity index (χ2n) is 10.9. The fraction of sp³-hybridized carbons (Fsp3) is 0.237. The molecular formula is C38H36O9. The molecule has 0 N–H and O–H groups in total. The van der Waals surface area contributed by atoms with E-state index in [1.807, 2.05) is 78.9 Å². The van der Waals surface area contributed by atoms with Gasteiger partial charge in [-0.15, -0.1) is 0 Å². The summed E-state index contributed by atoms with van der Waals surface area (Å²) in [5.74, 6) is -0.598. The van der Waals surface area contributed by atoms with Crippen LogP contribution in [0.25, 0.3) is 0 Å². The average molecular weight is 637 g/mol. The molecule has 242 valence electrons. The molecule has 1 aliphatic rings. The molecule has 3 atom stereocenters. The molecule has 5 rings (SSSR count). The zero-order chi connectivity index (χ0) is 33.4. The molecule has 0 radical (unpaired) electrons. The van der Waals surface area contributed by atoms with Gasteiger partial charge in [0, 0.05) is 18.9 Å². The van der Waals surface area contributed by atoms with E-state index in [0.717, 1.165) is 5.56 Å². The van der Waals surface area contributed by atoms with Crippen LogP contribution in [0.5, 0.6) is 11.5 Å². The molecule has 0 fully saturated rings. The van der Waals surface area contributed by atoms with Crippen molar-refractivity contribution in [2.75, 3.05) is 21.3 Å². The summed E-state index contributed by atoms with van der Waals surface area (Å²) in [6.07, 6.45) is -1.80. The van der Waals surface area contributed by atoms with Gasteiger partial charge in [-0.1, -0.05) is 72.8 Å². The molecule has 0 unspecified atom stereocenters. The highest BCUT2D eigenvalue weighted by molar-refractivity contribution is 5.90. The summed E-state index contributed by atoms with van der Waals surface area (Å²) in [6.45, 7) is 1.26.